The second-order valence-corrected chi connectivity index (χ2v) is 5.44. The fraction of sp³-hybridized carbons (Fsp3) is 0.667. The second-order valence-electron chi connectivity index (χ2n) is 4.58. The summed E-state index contributed by atoms with van der Waals surface area (Å²) in [6, 6.07) is 0.538. The van der Waals surface area contributed by atoms with Gasteiger partial charge >= 0.3 is 0 Å². The number of rotatable bonds is 5. The van der Waals surface area contributed by atoms with Crippen LogP contribution in [0.2, 0.25) is 0 Å². The molecule has 0 aromatic carbocycles. The highest BCUT2D eigenvalue weighted by atomic mass is 79.9. The molecule has 1 unspecified atom stereocenters. The van der Waals surface area contributed by atoms with Gasteiger partial charge in [-0.1, -0.05) is 0 Å². The molecular weight excluding hydrogens is 280 g/mol. The van der Waals surface area contributed by atoms with Crippen molar-refractivity contribution < 1.29 is 0 Å². The van der Waals surface area contributed by atoms with E-state index in [2.05, 4.69) is 50.1 Å². The minimum Gasteiger partial charge on any atom is -0.356 e. The number of nitrogens with zero attached hydrogens (tertiary/aromatic N) is 3. The maximum Gasteiger partial charge on any atom is 0.224 e. The highest BCUT2D eigenvalue weighted by molar-refractivity contribution is 9.10. The molecule has 1 aromatic heterocycles. The summed E-state index contributed by atoms with van der Waals surface area (Å²) in [5, 5.41) is 3.14. The molecule has 0 amide bonds. The highest BCUT2D eigenvalue weighted by Gasteiger charge is 2.31. The number of nitrogens with one attached hydrogen (secondary N) is 1. The summed E-state index contributed by atoms with van der Waals surface area (Å²) in [6.07, 6.45) is 4.50. The molecule has 0 saturated heterocycles. The van der Waals surface area contributed by atoms with Crippen LogP contribution in [0.1, 0.15) is 26.7 Å². The van der Waals surface area contributed by atoms with Gasteiger partial charge in [-0.05, 0) is 48.5 Å². The van der Waals surface area contributed by atoms with Crippen LogP contribution < -0.4 is 10.2 Å². The van der Waals surface area contributed by atoms with Gasteiger partial charge in [0.05, 0.1) is 4.47 Å². The molecule has 2 rings (SSSR count). The minimum absolute atomic E-state index is 0.538. The lowest BCUT2D eigenvalue weighted by Gasteiger charge is -2.27. The molecule has 5 heteroatoms. The van der Waals surface area contributed by atoms with E-state index < -0.39 is 0 Å². The van der Waals surface area contributed by atoms with E-state index in [-0.39, 0.29) is 0 Å². The van der Waals surface area contributed by atoms with Crippen molar-refractivity contribution in [1.29, 1.82) is 0 Å². The largest absolute Gasteiger partial charge is 0.356 e. The summed E-state index contributed by atoms with van der Waals surface area (Å²) < 4.78 is 0.953. The normalized spacial score (nSPS) is 16.7. The average molecular weight is 299 g/mol. The first-order valence-electron chi connectivity index (χ1n) is 6.12. The highest BCUT2D eigenvalue weighted by Crippen LogP contribution is 2.37. The molecule has 1 aliphatic carbocycles. The molecule has 0 aliphatic heterocycles. The first kappa shape index (κ1) is 12.6. The van der Waals surface area contributed by atoms with Crippen molar-refractivity contribution in [2.24, 2.45) is 5.92 Å². The SMILES string of the molecule is CCNc1ncc(Br)c(N(C)C(C)C2CC2)n1. The van der Waals surface area contributed by atoms with Gasteiger partial charge in [0.2, 0.25) is 5.95 Å². The Balaban J connectivity index is 2.19. The predicted molar refractivity (Wildman–Crippen MR) is 74.5 cm³/mol. The predicted octanol–water partition coefficient (Wildman–Crippen LogP) is 2.91. The number of aromatic nitrogens is 2. The van der Waals surface area contributed by atoms with Gasteiger partial charge in [0.1, 0.15) is 5.82 Å². The number of hydrogen-bond acceptors (Lipinski definition) is 4. The fourth-order valence-electron chi connectivity index (χ4n) is 1.94. The molecule has 17 heavy (non-hydrogen) atoms. The average Bonchev–Trinajstić information content (AvgIpc) is 3.14. The smallest absolute Gasteiger partial charge is 0.224 e. The number of halogens is 1. The third-order valence-electron chi connectivity index (χ3n) is 3.31. The molecule has 0 bridgehead atoms. The number of hydrogen-bond donors (Lipinski definition) is 1. The molecule has 1 aliphatic rings. The summed E-state index contributed by atoms with van der Waals surface area (Å²) >= 11 is 3.53. The molecule has 94 valence electrons. The molecule has 1 heterocycles. The summed E-state index contributed by atoms with van der Waals surface area (Å²) in [6.45, 7) is 5.14. The molecular formula is C12H19BrN4. The van der Waals surface area contributed by atoms with Crippen LogP contribution in [0.25, 0.3) is 0 Å². The Bertz CT molecular complexity index is 392. The summed E-state index contributed by atoms with van der Waals surface area (Å²) in [4.78, 5) is 11.0. The van der Waals surface area contributed by atoms with Crippen LogP contribution in [-0.2, 0) is 0 Å². The Labute approximate surface area is 111 Å². The zero-order valence-corrected chi connectivity index (χ0v) is 12.2. The van der Waals surface area contributed by atoms with Crippen LogP contribution in [0.3, 0.4) is 0 Å². The molecule has 1 saturated carbocycles. The topological polar surface area (TPSA) is 41.1 Å². The second kappa shape index (κ2) is 5.21. The van der Waals surface area contributed by atoms with Crippen molar-refractivity contribution in [3.8, 4) is 0 Å². The van der Waals surface area contributed by atoms with Crippen LogP contribution in [0.4, 0.5) is 11.8 Å². The van der Waals surface area contributed by atoms with Crippen LogP contribution in [0.15, 0.2) is 10.7 Å². The maximum atomic E-state index is 4.55. The lowest BCUT2D eigenvalue weighted by atomic mass is 10.2. The van der Waals surface area contributed by atoms with Crippen LogP contribution in [-0.4, -0.2) is 29.6 Å². The molecule has 4 nitrogen and oxygen atoms in total. The van der Waals surface area contributed by atoms with Crippen LogP contribution >= 0.6 is 15.9 Å². The van der Waals surface area contributed by atoms with Crippen molar-refractivity contribution in [2.45, 2.75) is 32.7 Å². The quantitative estimate of drug-likeness (QED) is 0.907. The van der Waals surface area contributed by atoms with Gasteiger partial charge in [0.15, 0.2) is 0 Å². The summed E-state index contributed by atoms with van der Waals surface area (Å²) in [5.41, 5.74) is 0. The lowest BCUT2D eigenvalue weighted by Crippen LogP contribution is -2.31. The van der Waals surface area contributed by atoms with Gasteiger partial charge < -0.3 is 10.2 Å². The van der Waals surface area contributed by atoms with E-state index in [0.29, 0.717) is 12.0 Å². The third-order valence-corrected chi connectivity index (χ3v) is 3.87. The van der Waals surface area contributed by atoms with Crippen molar-refractivity contribution >= 4 is 27.7 Å². The van der Waals surface area contributed by atoms with E-state index in [1.807, 2.05) is 13.1 Å². The van der Waals surface area contributed by atoms with E-state index in [4.69, 9.17) is 0 Å². The van der Waals surface area contributed by atoms with E-state index in [1.54, 1.807) is 0 Å². The maximum absolute atomic E-state index is 4.55. The van der Waals surface area contributed by atoms with Gasteiger partial charge in [-0.25, -0.2) is 4.98 Å². The fourth-order valence-corrected chi connectivity index (χ4v) is 2.41. The Morgan fingerprint density at radius 2 is 2.29 bits per heavy atom. The first-order chi connectivity index (χ1) is 8.13. The van der Waals surface area contributed by atoms with Gasteiger partial charge in [0, 0.05) is 25.8 Å². The van der Waals surface area contributed by atoms with E-state index >= 15 is 0 Å². The van der Waals surface area contributed by atoms with Crippen molar-refractivity contribution in [2.75, 3.05) is 23.8 Å². The molecule has 1 aromatic rings. The van der Waals surface area contributed by atoms with Crippen LogP contribution in [0, 0.1) is 5.92 Å². The van der Waals surface area contributed by atoms with Gasteiger partial charge in [-0.2, -0.15) is 4.98 Å². The third kappa shape index (κ3) is 2.89. The van der Waals surface area contributed by atoms with E-state index in [9.17, 15) is 0 Å². The molecule has 1 fully saturated rings. The Morgan fingerprint density at radius 3 is 2.88 bits per heavy atom. The Morgan fingerprint density at radius 1 is 1.59 bits per heavy atom. The first-order valence-corrected chi connectivity index (χ1v) is 6.92. The van der Waals surface area contributed by atoms with Gasteiger partial charge in [-0.15, -0.1) is 0 Å². The molecule has 1 N–H and O–H groups in total. The van der Waals surface area contributed by atoms with Gasteiger partial charge in [-0.3, -0.25) is 0 Å². The van der Waals surface area contributed by atoms with E-state index in [1.165, 1.54) is 12.8 Å². The summed E-state index contributed by atoms with van der Waals surface area (Å²) in [7, 11) is 2.10. The van der Waals surface area contributed by atoms with Crippen molar-refractivity contribution in [3.05, 3.63) is 10.7 Å². The van der Waals surface area contributed by atoms with Crippen molar-refractivity contribution in [3.63, 3.8) is 0 Å². The molecule has 0 radical (unpaired) electrons. The Hall–Kier alpha value is -0.840. The van der Waals surface area contributed by atoms with E-state index in [0.717, 1.165) is 22.8 Å². The minimum atomic E-state index is 0.538. The number of anilines is 2. The zero-order chi connectivity index (χ0) is 12.4. The molecule has 0 spiro atoms. The Kier molecular flexibility index (Phi) is 3.86. The van der Waals surface area contributed by atoms with Crippen molar-refractivity contribution in [1.82, 2.24) is 9.97 Å². The van der Waals surface area contributed by atoms with Crippen LogP contribution in [0.5, 0.6) is 0 Å². The molecule has 1 atom stereocenters. The zero-order valence-electron chi connectivity index (χ0n) is 10.6. The van der Waals surface area contributed by atoms with Gasteiger partial charge in [0.25, 0.3) is 0 Å². The monoisotopic (exact) mass is 298 g/mol. The lowest BCUT2D eigenvalue weighted by molar-refractivity contribution is 0.602. The standard InChI is InChI=1S/C12H19BrN4/c1-4-14-12-15-7-10(13)11(16-12)17(3)8(2)9-5-6-9/h7-9H,4-6H2,1-3H3,(H,14,15,16). The summed E-state index contributed by atoms with van der Waals surface area (Å²) in [5.74, 6) is 2.49.